The zero-order chi connectivity index (χ0) is 21.6. The molecular weight excluding hydrogens is 398 g/mol. The zero-order valence-corrected chi connectivity index (χ0v) is 18.7. The third-order valence-electron chi connectivity index (χ3n) is 5.79. The van der Waals surface area contributed by atoms with E-state index in [0.717, 1.165) is 32.1 Å². The summed E-state index contributed by atoms with van der Waals surface area (Å²) < 4.78 is 28.8. The van der Waals surface area contributed by atoms with Gasteiger partial charge in [0.25, 0.3) is 5.91 Å². The summed E-state index contributed by atoms with van der Waals surface area (Å²) in [5, 5.41) is 2.84. The van der Waals surface area contributed by atoms with Crippen LogP contribution in [0.3, 0.4) is 0 Å². The van der Waals surface area contributed by atoms with Crippen LogP contribution in [0.1, 0.15) is 57.4 Å². The smallest absolute Gasteiger partial charge is 0.290 e. The Morgan fingerprint density at radius 1 is 1.00 bits per heavy atom. The number of carbonyl (C=O) groups excluding carboxylic acids is 1. The lowest BCUT2D eigenvalue weighted by molar-refractivity contribution is -0.684. The third-order valence-corrected chi connectivity index (χ3v) is 7.70. The fourth-order valence-corrected chi connectivity index (χ4v) is 5.45. The van der Waals surface area contributed by atoms with Crippen LogP contribution in [-0.2, 0) is 21.4 Å². The van der Waals surface area contributed by atoms with Gasteiger partial charge in [0.1, 0.15) is 0 Å². The number of benzene rings is 1. The van der Waals surface area contributed by atoms with Gasteiger partial charge >= 0.3 is 0 Å². The van der Waals surface area contributed by atoms with Gasteiger partial charge in [0.05, 0.1) is 4.90 Å². The summed E-state index contributed by atoms with van der Waals surface area (Å²) in [6.07, 6.45) is 8.96. The number of anilines is 1. The quantitative estimate of drug-likeness (QED) is 0.650. The maximum absolute atomic E-state index is 12.7. The van der Waals surface area contributed by atoms with Gasteiger partial charge in [0.15, 0.2) is 12.4 Å². The van der Waals surface area contributed by atoms with Gasteiger partial charge in [-0.2, -0.15) is 8.87 Å². The van der Waals surface area contributed by atoms with E-state index in [0.29, 0.717) is 24.7 Å². The van der Waals surface area contributed by atoms with Crippen molar-refractivity contribution in [1.29, 1.82) is 0 Å². The van der Waals surface area contributed by atoms with E-state index in [1.54, 1.807) is 28.6 Å². The Kier molecular flexibility index (Phi) is 7.61. The molecule has 1 amide bonds. The summed E-state index contributed by atoms with van der Waals surface area (Å²) >= 11 is 0. The van der Waals surface area contributed by atoms with Crippen LogP contribution >= 0.6 is 0 Å². The standard InChI is InChI=1S/C23H31N3O3S/c1-3-19(4-2)20-12-16-25(17-13-20)18-23(27)24-21-8-10-22(11-9-21)30(28,29)26-14-6-5-7-15-26/h8-13,16-17,19H,3-7,14-15,18H2,1-2H3/p+1. The van der Waals surface area contributed by atoms with Gasteiger partial charge in [0, 0.05) is 30.9 Å². The van der Waals surface area contributed by atoms with E-state index in [-0.39, 0.29) is 17.3 Å². The van der Waals surface area contributed by atoms with Crippen LogP contribution in [0.25, 0.3) is 0 Å². The summed E-state index contributed by atoms with van der Waals surface area (Å²) in [6.45, 7) is 5.73. The molecule has 7 heteroatoms. The number of pyridine rings is 1. The Hall–Kier alpha value is -2.25. The van der Waals surface area contributed by atoms with Crippen molar-refractivity contribution < 1.29 is 17.8 Å². The molecule has 0 saturated carbocycles. The molecule has 3 rings (SSSR count). The molecule has 1 aromatic heterocycles. The highest BCUT2D eigenvalue weighted by Crippen LogP contribution is 2.22. The molecule has 162 valence electrons. The molecule has 1 aromatic carbocycles. The Morgan fingerprint density at radius 2 is 1.60 bits per heavy atom. The second-order valence-corrected chi connectivity index (χ2v) is 9.79. The van der Waals surface area contributed by atoms with Gasteiger partial charge in [-0.15, -0.1) is 0 Å². The van der Waals surface area contributed by atoms with Crippen LogP contribution in [-0.4, -0.2) is 31.7 Å². The van der Waals surface area contributed by atoms with Crippen LogP contribution < -0.4 is 9.88 Å². The second-order valence-electron chi connectivity index (χ2n) is 7.85. The molecule has 1 fully saturated rings. The third kappa shape index (κ3) is 5.46. The van der Waals surface area contributed by atoms with E-state index in [2.05, 4.69) is 31.3 Å². The number of rotatable bonds is 8. The number of carbonyl (C=O) groups is 1. The monoisotopic (exact) mass is 430 g/mol. The first-order valence-corrected chi connectivity index (χ1v) is 12.3. The molecule has 0 atom stereocenters. The average molecular weight is 431 g/mol. The highest BCUT2D eigenvalue weighted by Gasteiger charge is 2.25. The summed E-state index contributed by atoms with van der Waals surface area (Å²) in [6, 6.07) is 10.6. The molecule has 6 nitrogen and oxygen atoms in total. The maximum Gasteiger partial charge on any atom is 0.290 e. The van der Waals surface area contributed by atoms with E-state index < -0.39 is 10.0 Å². The molecule has 30 heavy (non-hydrogen) atoms. The van der Waals surface area contributed by atoms with Gasteiger partial charge in [-0.3, -0.25) is 4.79 Å². The van der Waals surface area contributed by atoms with E-state index in [4.69, 9.17) is 0 Å². The second kappa shape index (κ2) is 10.2. The maximum atomic E-state index is 12.7. The highest BCUT2D eigenvalue weighted by molar-refractivity contribution is 7.89. The lowest BCUT2D eigenvalue weighted by atomic mass is 9.95. The number of hydrogen-bond acceptors (Lipinski definition) is 3. The average Bonchev–Trinajstić information content (AvgIpc) is 2.77. The molecule has 0 bridgehead atoms. The van der Waals surface area contributed by atoms with Gasteiger partial charge in [-0.25, -0.2) is 8.42 Å². The van der Waals surface area contributed by atoms with Gasteiger partial charge < -0.3 is 5.32 Å². The first kappa shape index (κ1) is 22.4. The Bertz CT molecular complexity index is 931. The Balaban J connectivity index is 1.59. The zero-order valence-electron chi connectivity index (χ0n) is 17.9. The number of piperidine rings is 1. The lowest BCUT2D eigenvalue weighted by Gasteiger charge is -2.25. The summed E-state index contributed by atoms with van der Waals surface area (Å²) in [4.78, 5) is 12.7. The fourth-order valence-electron chi connectivity index (χ4n) is 3.94. The number of sulfonamides is 1. The fraction of sp³-hybridized carbons (Fsp3) is 0.478. The minimum absolute atomic E-state index is 0.151. The molecular formula is C23H32N3O3S+. The minimum Gasteiger partial charge on any atom is -0.321 e. The van der Waals surface area contributed by atoms with Gasteiger partial charge in [0.2, 0.25) is 16.6 Å². The van der Waals surface area contributed by atoms with E-state index in [9.17, 15) is 13.2 Å². The van der Waals surface area contributed by atoms with E-state index in [1.165, 1.54) is 5.56 Å². The largest absolute Gasteiger partial charge is 0.321 e. The van der Waals surface area contributed by atoms with Crippen molar-refractivity contribution in [2.45, 2.75) is 63.3 Å². The van der Waals surface area contributed by atoms with E-state index in [1.807, 2.05) is 17.0 Å². The molecule has 1 N–H and O–H groups in total. The normalized spacial score (nSPS) is 15.3. The number of nitrogens with one attached hydrogen (secondary N) is 1. The molecule has 0 aliphatic carbocycles. The molecule has 1 saturated heterocycles. The van der Waals surface area contributed by atoms with Crippen molar-refractivity contribution in [2.75, 3.05) is 18.4 Å². The summed E-state index contributed by atoms with van der Waals surface area (Å²) in [7, 11) is -3.46. The van der Waals surface area contributed by atoms with Gasteiger partial charge in [-0.05, 0) is 61.4 Å². The van der Waals surface area contributed by atoms with Crippen LogP contribution in [0.2, 0.25) is 0 Å². The molecule has 2 aromatic rings. The minimum atomic E-state index is -3.46. The Labute approximate surface area is 180 Å². The van der Waals surface area contributed by atoms with E-state index >= 15 is 0 Å². The van der Waals surface area contributed by atoms with Crippen molar-refractivity contribution in [1.82, 2.24) is 4.31 Å². The van der Waals surface area contributed by atoms with Crippen molar-refractivity contribution in [3.63, 3.8) is 0 Å². The SMILES string of the molecule is CCC(CC)c1cc[n+](CC(=O)Nc2ccc(S(=O)(=O)N3CCCCC3)cc2)cc1. The predicted molar refractivity (Wildman–Crippen MR) is 118 cm³/mol. The van der Waals surface area contributed by atoms with Crippen LogP contribution in [0.15, 0.2) is 53.7 Å². The van der Waals surface area contributed by atoms with Crippen molar-refractivity contribution in [3.8, 4) is 0 Å². The van der Waals surface area contributed by atoms with Crippen molar-refractivity contribution >= 4 is 21.6 Å². The molecule has 1 aliphatic rings. The number of aromatic nitrogens is 1. The molecule has 0 radical (unpaired) electrons. The van der Waals surface area contributed by atoms with Crippen LogP contribution in [0.5, 0.6) is 0 Å². The van der Waals surface area contributed by atoms with Crippen LogP contribution in [0, 0.1) is 0 Å². The molecule has 2 heterocycles. The highest BCUT2D eigenvalue weighted by atomic mass is 32.2. The van der Waals surface area contributed by atoms with Crippen LogP contribution in [0.4, 0.5) is 5.69 Å². The first-order chi connectivity index (χ1) is 14.4. The Morgan fingerprint density at radius 3 is 2.17 bits per heavy atom. The first-order valence-electron chi connectivity index (χ1n) is 10.8. The van der Waals surface area contributed by atoms with Gasteiger partial charge in [-0.1, -0.05) is 20.3 Å². The molecule has 1 aliphatic heterocycles. The summed E-state index contributed by atoms with van der Waals surface area (Å²) in [5.41, 5.74) is 1.88. The van der Waals surface area contributed by atoms with Crippen molar-refractivity contribution in [2.24, 2.45) is 0 Å². The predicted octanol–water partition coefficient (Wildman–Crippen LogP) is 3.69. The molecule has 0 spiro atoms. The number of nitrogens with zero attached hydrogens (tertiary/aromatic N) is 2. The van der Waals surface area contributed by atoms with Crippen molar-refractivity contribution in [3.05, 3.63) is 54.4 Å². The summed E-state index contributed by atoms with van der Waals surface area (Å²) in [5.74, 6) is 0.398. The number of amides is 1. The lowest BCUT2D eigenvalue weighted by Crippen LogP contribution is -2.39. The molecule has 0 unspecified atom stereocenters. The topological polar surface area (TPSA) is 70.4 Å². The number of hydrogen-bond donors (Lipinski definition) is 1.